The number of rotatable bonds is 14. The normalized spacial score (nSPS) is 12.6. The Morgan fingerprint density at radius 3 is 0.932 bits per heavy atom. The first-order chi connectivity index (χ1) is 31.9. The number of aliphatic carboxylic acids is 1. The molecule has 0 atom stereocenters. The second-order valence-corrected chi connectivity index (χ2v) is 15.2. The Morgan fingerprint density at radius 2 is 0.795 bits per heavy atom. The molecular formula is C37H50Cl3F18NO14. The minimum absolute atomic E-state index is 0.0957. The predicted octanol–water partition coefficient (Wildman–Crippen LogP) is 8.69. The van der Waals surface area contributed by atoms with Crippen LogP contribution in [0.5, 0.6) is 0 Å². The minimum Gasteiger partial charge on any atom is -0.478 e. The van der Waals surface area contributed by atoms with Gasteiger partial charge in [-0.25, -0.2) is 19.2 Å². The Kier molecular flexibility index (Phi) is 34.2. The molecule has 0 heterocycles. The molecule has 0 aliphatic heterocycles. The summed E-state index contributed by atoms with van der Waals surface area (Å²) in [6.45, 7) is 18.9. The topological polar surface area (TPSA) is 223 Å². The molecule has 36 heteroatoms. The zero-order valence-electron chi connectivity index (χ0n) is 39.4. The number of carboxylic acid groups (broad SMARTS) is 1. The van der Waals surface area contributed by atoms with Gasteiger partial charge in [-0.15, -0.1) is 23.2 Å². The maximum Gasteiger partial charge on any atom is 0.437 e. The van der Waals surface area contributed by atoms with Crippen LogP contribution in [0.25, 0.3) is 0 Å². The highest BCUT2D eigenvalue weighted by Crippen LogP contribution is 2.52. The van der Waals surface area contributed by atoms with Crippen LogP contribution in [-0.2, 0) is 47.7 Å². The first kappa shape index (κ1) is 80.3. The average molecular weight is 1180 g/mol. The van der Waals surface area contributed by atoms with Crippen molar-refractivity contribution in [2.45, 2.75) is 127 Å². The molecule has 0 radical (unpaired) electrons. The van der Waals surface area contributed by atoms with Crippen molar-refractivity contribution in [2.24, 2.45) is 0 Å². The van der Waals surface area contributed by atoms with Gasteiger partial charge in [0.1, 0.15) is 5.88 Å². The van der Waals surface area contributed by atoms with Crippen LogP contribution in [0.3, 0.4) is 0 Å². The highest BCUT2D eigenvalue weighted by molar-refractivity contribution is 6.67. The van der Waals surface area contributed by atoms with Crippen LogP contribution in [0.1, 0.15) is 62.3 Å². The molecule has 73 heavy (non-hydrogen) atoms. The molecule has 4 N–H and O–H groups in total. The summed E-state index contributed by atoms with van der Waals surface area (Å²) in [7, 11) is 0.296. The van der Waals surface area contributed by atoms with Crippen molar-refractivity contribution in [3.63, 3.8) is 0 Å². The molecule has 0 saturated heterocycles. The van der Waals surface area contributed by atoms with E-state index < -0.39 is 113 Å². The molecule has 0 spiro atoms. The zero-order valence-corrected chi connectivity index (χ0v) is 41.7. The number of hydrogen-bond acceptors (Lipinski definition) is 14. The summed E-state index contributed by atoms with van der Waals surface area (Å²) in [6.07, 6.45) is -36.9. The van der Waals surface area contributed by atoms with Crippen LogP contribution >= 0.6 is 34.8 Å². The largest absolute Gasteiger partial charge is 0.478 e. The first-order valence-corrected chi connectivity index (χ1v) is 20.2. The number of aliphatic hydroxyl groups is 3. The molecule has 0 unspecified atom stereocenters. The molecule has 0 rings (SSSR count). The number of carboxylic acids is 1. The molecule has 15 nitrogen and oxygen atoms in total. The summed E-state index contributed by atoms with van der Waals surface area (Å²) in [6, 6.07) is 0. The molecule has 0 bridgehead atoms. The number of alkyl halides is 20. The number of nitrogens with zero attached hydrogens (tertiary/aromatic N) is 1. The van der Waals surface area contributed by atoms with Gasteiger partial charge in [0.05, 0.1) is 13.0 Å². The number of hydrogen-bond donors (Lipinski definition) is 4. The van der Waals surface area contributed by atoms with Gasteiger partial charge in [-0.1, -0.05) is 33.9 Å². The van der Waals surface area contributed by atoms with Gasteiger partial charge < -0.3 is 44.3 Å². The average Bonchev–Trinajstić information content (AvgIpc) is 3.20. The number of methoxy groups -OCH3 is 1. The maximum atomic E-state index is 12.7. The monoisotopic (exact) mass is 1180 g/mol. The lowest BCUT2D eigenvalue weighted by Gasteiger charge is -2.43. The van der Waals surface area contributed by atoms with Gasteiger partial charge in [-0.2, -0.15) is 79.0 Å². The third-order valence-corrected chi connectivity index (χ3v) is 8.74. The summed E-state index contributed by atoms with van der Waals surface area (Å²) >= 11 is 14.5. The number of esters is 4. The van der Waals surface area contributed by atoms with E-state index in [2.05, 4.69) is 57.8 Å². The Balaban J connectivity index is -0.000000200. The van der Waals surface area contributed by atoms with E-state index in [9.17, 15) is 113 Å². The van der Waals surface area contributed by atoms with Crippen molar-refractivity contribution in [3.05, 3.63) is 24.3 Å². The van der Waals surface area contributed by atoms with Crippen LogP contribution in [0.15, 0.2) is 24.3 Å². The van der Waals surface area contributed by atoms with Gasteiger partial charge in [0.25, 0.3) is 11.2 Å². The van der Waals surface area contributed by atoms with E-state index in [1.807, 2.05) is 0 Å². The van der Waals surface area contributed by atoms with E-state index in [-0.39, 0.29) is 30.9 Å². The fourth-order valence-electron chi connectivity index (χ4n) is 3.92. The Hall–Kier alpha value is -4.05. The lowest BCUT2D eigenvalue weighted by atomic mass is 9.84. The fourth-order valence-corrected chi connectivity index (χ4v) is 3.97. The van der Waals surface area contributed by atoms with E-state index in [1.54, 1.807) is 0 Å². The van der Waals surface area contributed by atoms with Crippen molar-refractivity contribution in [3.8, 4) is 0 Å². The van der Waals surface area contributed by atoms with Crippen molar-refractivity contribution < 1.29 is 147 Å². The molecule has 0 aliphatic carbocycles. The van der Waals surface area contributed by atoms with E-state index in [4.69, 9.17) is 50.1 Å². The van der Waals surface area contributed by atoms with E-state index >= 15 is 0 Å². The van der Waals surface area contributed by atoms with Gasteiger partial charge in [0.15, 0.2) is 17.8 Å². The highest BCUT2D eigenvalue weighted by Gasteiger charge is 2.80. The van der Waals surface area contributed by atoms with Crippen LogP contribution in [0, 0.1) is 0 Å². The molecule has 0 fully saturated rings. The van der Waals surface area contributed by atoms with Gasteiger partial charge in [0.2, 0.25) is 5.24 Å². The molecule has 0 aromatic heterocycles. The third kappa shape index (κ3) is 24.9. The van der Waals surface area contributed by atoms with Gasteiger partial charge >= 0.3 is 72.5 Å². The van der Waals surface area contributed by atoms with Crippen LogP contribution in [0.2, 0.25) is 0 Å². The fraction of sp³-hybridized carbons (Fsp3) is 0.730. The predicted molar refractivity (Wildman–Crippen MR) is 218 cm³/mol. The molecule has 0 aromatic rings. The van der Waals surface area contributed by atoms with Crippen molar-refractivity contribution >= 4 is 69.9 Å². The number of carbonyl (C=O) groups excluding carboxylic acids is 5. The SMILES string of the molecule is C=C(C)C(=O)O.C=C(C)C(=O)OCC(=O)OC(C)(C)C(O)(C(F)(F)F)C(F)(F)F.CC(C)(OC(=O)CCl)C(O)(C(F)(F)F)C(F)(F)F.CCN(CC)CC.COC(=O)C(O)(C(F)(F)F)C(F)(F)F.O=C(Cl)CCl. The standard InChI is InChI=1S/C12H14F6O5.C8H9ClF6O3.C6H15N.C5H4F6O3.C4H6O2.C2H2Cl2O/c1-6(2)8(20)22-5-7(19)23-9(3,4)10(21,11(13,14)15)12(16,17)18;1-5(2,18-4(16)3-9)6(17,7(10,11)12)8(13,14)15;1-4-7(5-2)6-3;1-14-2(12)3(13,4(6,7)8)5(9,10)11;1-3(2)4(5)6;3-1-2(4)5/h21H,1,5H2,2-4H3;17H,3H2,1-2H3;4-6H2,1-3H3;13H,1H3;1H2,2H3,(H,5,6);1H2. The van der Waals surface area contributed by atoms with Gasteiger partial charge in [-0.3, -0.25) is 9.59 Å². The van der Waals surface area contributed by atoms with Crippen molar-refractivity contribution in [2.75, 3.05) is 45.1 Å². The minimum atomic E-state index is -6.18. The first-order valence-electron chi connectivity index (χ1n) is 18.8. The number of halogens is 21. The molecule has 0 saturated carbocycles. The van der Waals surface area contributed by atoms with Crippen molar-refractivity contribution in [1.29, 1.82) is 0 Å². The van der Waals surface area contributed by atoms with Crippen LogP contribution in [0.4, 0.5) is 79.0 Å². The summed E-state index contributed by atoms with van der Waals surface area (Å²) < 4.78 is 237. The molecule has 434 valence electrons. The summed E-state index contributed by atoms with van der Waals surface area (Å²) in [4.78, 5) is 64.7. The lowest BCUT2D eigenvalue weighted by Crippen LogP contribution is -2.70. The second kappa shape index (κ2) is 31.1. The van der Waals surface area contributed by atoms with E-state index in [0.717, 1.165) is 0 Å². The lowest BCUT2D eigenvalue weighted by molar-refractivity contribution is -0.408. The Labute approximate surface area is 418 Å². The second-order valence-electron chi connectivity index (χ2n) is 14.3. The molecule has 0 aliphatic rings. The van der Waals surface area contributed by atoms with Crippen LogP contribution < -0.4 is 0 Å². The summed E-state index contributed by atoms with van der Waals surface area (Å²) in [5.41, 5.74) is -22.7. The number of ether oxygens (including phenoxy) is 4. The van der Waals surface area contributed by atoms with Gasteiger partial charge in [0, 0.05) is 11.1 Å². The summed E-state index contributed by atoms with van der Waals surface area (Å²) in [5.74, 6) is -9.13. The number of carbonyl (C=O) groups is 6. The van der Waals surface area contributed by atoms with E-state index in [0.29, 0.717) is 21.0 Å². The Bertz CT molecular complexity index is 1730. The molecule has 0 aromatic carbocycles. The molecular weight excluding hydrogens is 1130 g/mol. The van der Waals surface area contributed by atoms with E-state index in [1.165, 1.54) is 33.5 Å². The van der Waals surface area contributed by atoms with Crippen molar-refractivity contribution in [1.82, 2.24) is 4.90 Å². The van der Waals surface area contributed by atoms with Gasteiger partial charge in [-0.05, 0) is 72.8 Å². The third-order valence-electron chi connectivity index (χ3n) is 8.01. The maximum absolute atomic E-state index is 12.7. The Morgan fingerprint density at radius 1 is 0.534 bits per heavy atom. The molecule has 0 amide bonds. The zero-order chi connectivity index (χ0) is 60.8. The smallest absolute Gasteiger partial charge is 0.437 e. The van der Waals surface area contributed by atoms with Crippen LogP contribution in [-0.4, -0.2) is 171 Å². The quantitative estimate of drug-likeness (QED) is 0.0319. The summed E-state index contributed by atoms with van der Waals surface area (Å²) in [5, 5.41) is 33.8. The highest BCUT2D eigenvalue weighted by atomic mass is 35.5.